The molecule has 0 spiro atoms. The van der Waals surface area contributed by atoms with E-state index in [1.807, 2.05) is 36.1 Å². The molecule has 3 rings (SSSR count). The Labute approximate surface area is 176 Å². The molecule has 0 saturated carbocycles. The first kappa shape index (κ1) is 22.1. The SMILES string of the molecule is CCOc1ccc(OCCNC(=O)CN2CCS(=O)(=O)C[C@@H]2c2cnn(C)c2)cc1. The molecule has 164 valence electrons. The highest BCUT2D eigenvalue weighted by atomic mass is 32.2. The number of ether oxygens (including phenoxy) is 2. The van der Waals surface area contributed by atoms with Gasteiger partial charge in [0, 0.05) is 25.4 Å². The van der Waals surface area contributed by atoms with E-state index in [9.17, 15) is 13.2 Å². The average Bonchev–Trinajstić information content (AvgIpc) is 3.14. The predicted molar refractivity (Wildman–Crippen MR) is 112 cm³/mol. The van der Waals surface area contributed by atoms with Crippen molar-refractivity contribution in [3.63, 3.8) is 0 Å². The van der Waals surface area contributed by atoms with Gasteiger partial charge in [-0.15, -0.1) is 0 Å². The summed E-state index contributed by atoms with van der Waals surface area (Å²) in [5.41, 5.74) is 0.799. The van der Waals surface area contributed by atoms with Crippen molar-refractivity contribution in [3.05, 3.63) is 42.2 Å². The van der Waals surface area contributed by atoms with Crippen molar-refractivity contribution in [2.75, 3.05) is 44.4 Å². The second-order valence-electron chi connectivity index (χ2n) is 7.15. The van der Waals surface area contributed by atoms with E-state index < -0.39 is 9.84 Å². The van der Waals surface area contributed by atoms with Crippen molar-refractivity contribution in [1.82, 2.24) is 20.0 Å². The normalized spacial score (nSPS) is 18.7. The van der Waals surface area contributed by atoms with Crippen molar-refractivity contribution in [2.24, 2.45) is 7.05 Å². The molecule has 30 heavy (non-hydrogen) atoms. The molecule has 1 N–H and O–H groups in total. The summed E-state index contributed by atoms with van der Waals surface area (Å²) < 4.78 is 36.8. The van der Waals surface area contributed by atoms with Crippen molar-refractivity contribution < 1.29 is 22.7 Å². The first-order valence-electron chi connectivity index (χ1n) is 9.91. The van der Waals surface area contributed by atoms with Crippen LogP contribution in [0.3, 0.4) is 0 Å². The number of nitrogens with zero attached hydrogens (tertiary/aromatic N) is 3. The molecule has 1 saturated heterocycles. The molecule has 0 radical (unpaired) electrons. The minimum absolute atomic E-state index is 0.00712. The number of sulfone groups is 1. The van der Waals surface area contributed by atoms with Gasteiger partial charge in [-0.1, -0.05) is 0 Å². The van der Waals surface area contributed by atoms with Crippen LogP contribution in [0.25, 0.3) is 0 Å². The van der Waals surface area contributed by atoms with E-state index >= 15 is 0 Å². The van der Waals surface area contributed by atoms with Gasteiger partial charge in [-0.05, 0) is 31.2 Å². The average molecular weight is 437 g/mol. The molecule has 2 aromatic rings. The third-order valence-corrected chi connectivity index (χ3v) is 6.45. The number of aryl methyl sites for hydroxylation is 1. The van der Waals surface area contributed by atoms with Gasteiger partial charge in [0.1, 0.15) is 18.1 Å². The first-order valence-corrected chi connectivity index (χ1v) is 11.7. The Morgan fingerprint density at radius 2 is 1.93 bits per heavy atom. The lowest BCUT2D eigenvalue weighted by Crippen LogP contribution is -2.47. The van der Waals surface area contributed by atoms with Gasteiger partial charge in [0.2, 0.25) is 5.91 Å². The largest absolute Gasteiger partial charge is 0.494 e. The van der Waals surface area contributed by atoms with Crippen molar-refractivity contribution in [1.29, 1.82) is 0 Å². The van der Waals surface area contributed by atoms with Crippen LogP contribution < -0.4 is 14.8 Å². The van der Waals surface area contributed by atoms with Gasteiger partial charge in [-0.25, -0.2) is 8.42 Å². The van der Waals surface area contributed by atoms with E-state index in [0.29, 0.717) is 32.1 Å². The molecular weight excluding hydrogens is 408 g/mol. The molecule has 2 heterocycles. The minimum Gasteiger partial charge on any atom is -0.494 e. The number of hydrogen-bond donors (Lipinski definition) is 1. The molecule has 10 heteroatoms. The zero-order chi connectivity index (χ0) is 21.6. The number of benzene rings is 1. The van der Waals surface area contributed by atoms with E-state index in [1.165, 1.54) is 0 Å². The van der Waals surface area contributed by atoms with Crippen LogP contribution in [0.1, 0.15) is 18.5 Å². The van der Waals surface area contributed by atoms with E-state index in [1.54, 1.807) is 24.1 Å². The van der Waals surface area contributed by atoms with Crippen LogP contribution >= 0.6 is 0 Å². The molecule has 0 unspecified atom stereocenters. The van der Waals surface area contributed by atoms with Gasteiger partial charge in [0.15, 0.2) is 9.84 Å². The fourth-order valence-corrected chi connectivity index (χ4v) is 4.91. The highest BCUT2D eigenvalue weighted by molar-refractivity contribution is 7.91. The molecule has 9 nitrogen and oxygen atoms in total. The Balaban J connectivity index is 1.47. The van der Waals surface area contributed by atoms with E-state index in [4.69, 9.17) is 9.47 Å². The van der Waals surface area contributed by atoms with Gasteiger partial charge in [-0.3, -0.25) is 14.4 Å². The maximum atomic E-state index is 12.4. The maximum Gasteiger partial charge on any atom is 0.234 e. The third-order valence-electron chi connectivity index (χ3n) is 4.83. The molecule has 1 amide bonds. The summed E-state index contributed by atoms with van der Waals surface area (Å²) in [5, 5.41) is 6.96. The van der Waals surface area contributed by atoms with Gasteiger partial charge < -0.3 is 14.8 Å². The zero-order valence-electron chi connectivity index (χ0n) is 17.3. The number of amides is 1. The third kappa shape index (κ3) is 6.20. The summed E-state index contributed by atoms with van der Waals surface area (Å²) in [5.74, 6) is 1.36. The van der Waals surface area contributed by atoms with Crippen LogP contribution in [-0.2, 0) is 21.7 Å². The number of carbonyl (C=O) groups is 1. The van der Waals surface area contributed by atoms with Gasteiger partial charge >= 0.3 is 0 Å². The van der Waals surface area contributed by atoms with Crippen molar-refractivity contribution in [3.8, 4) is 11.5 Å². The molecule has 1 fully saturated rings. The molecule has 1 aliphatic rings. The zero-order valence-corrected chi connectivity index (χ0v) is 18.1. The summed E-state index contributed by atoms with van der Waals surface area (Å²) >= 11 is 0. The van der Waals surface area contributed by atoms with E-state index in [-0.39, 0.29) is 30.0 Å². The van der Waals surface area contributed by atoms with Crippen LogP contribution in [0.15, 0.2) is 36.7 Å². The summed E-state index contributed by atoms with van der Waals surface area (Å²) in [6, 6.07) is 6.93. The van der Waals surface area contributed by atoms with Crippen molar-refractivity contribution in [2.45, 2.75) is 13.0 Å². The fraction of sp³-hybridized carbons (Fsp3) is 0.500. The maximum absolute atomic E-state index is 12.4. The van der Waals surface area contributed by atoms with E-state index in [2.05, 4.69) is 10.4 Å². The molecule has 0 bridgehead atoms. The monoisotopic (exact) mass is 436 g/mol. The van der Waals surface area contributed by atoms with Gasteiger partial charge in [0.25, 0.3) is 0 Å². The summed E-state index contributed by atoms with van der Waals surface area (Å²) in [7, 11) is -1.36. The molecule has 1 aliphatic heterocycles. The Bertz CT molecular complexity index is 942. The fourth-order valence-electron chi connectivity index (χ4n) is 3.35. The Kier molecular flexibility index (Phi) is 7.33. The van der Waals surface area contributed by atoms with Crippen molar-refractivity contribution >= 4 is 15.7 Å². The topological polar surface area (TPSA) is 103 Å². The highest BCUT2D eigenvalue weighted by Gasteiger charge is 2.33. The standard InChI is InChI=1S/C20H28N4O5S/c1-3-28-17-4-6-18(7-5-17)29-10-8-21-20(25)14-24-9-11-30(26,27)15-19(24)16-12-22-23(2)13-16/h4-7,12-13,19H,3,8-11,14-15H2,1-2H3,(H,21,25)/t19-/m1/s1. The molecule has 0 aliphatic carbocycles. The summed E-state index contributed by atoms with van der Waals surface area (Å²) in [6.07, 6.45) is 3.45. The number of carbonyl (C=O) groups excluding carboxylic acids is 1. The number of aromatic nitrogens is 2. The number of hydrogen-bond acceptors (Lipinski definition) is 7. The first-order chi connectivity index (χ1) is 14.4. The molecule has 1 atom stereocenters. The second-order valence-corrected chi connectivity index (χ2v) is 9.38. The van der Waals surface area contributed by atoms with Gasteiger partial charge in [-0.2, -0.15) is 5.10 Å². The van der Waals surface area contributed by atoms with E-state index in [0.717, 1.165) is 11.3 Å². The molecule has 1 aromatic heterocycles. The second kappa shape index (κ2) is 9.94. The van der Waals surface area contributed by atoms with Crippen LogP contribution in [-0.4, -0.2) is 73.4 Å². The Morgan fingerprint density at radius 1 is 1.23 bits per heavy atom. The van der Waals surface area contributed by atoms with Crippen LogP contribution in [0, 0.1) is 0 Å². The number of nitrogens with one attached hydrogen (secondary N) is 1. The van der Waals surface area contributed by atoms with Gasteiger partial charge in [0.05, 0.1) is 43.4 Å². The number of rotatable bonds is 9. The Morgan fingerprint density at radius 3 is 2.57 bits per heavy atom. The predicted octanol–water partition coefficient (Wildman–Crippen LogP) is 0.786. The molecule has 1 aromatic carbocycles. The lowest BCUT2D eigenvalue weighted by atomic mass is 10.1. The van der Waals surface area contributed by atoms with Crippen LogP contribution in [0.5, 0.6) is 11.5 Å². The van der Waals surface area contributed by atoms with Crippen LogP contribution in [0.2, 0.25) is 0 Å². The quantitative estimate of drug-likeness (QED) is 0.580. The summed E-state index contributed by atoms with van der Waals surface area (Å²) in [6.45, 7) is 3.66. The minimum atomic E-state index is -3.14. The lowest BCUT2D eigenvalue weighted by Gasteiger charge is -2.34. The summed E-state index contributed by atoms with van der Waals surface area (Å²) in [4.78, 5) is 14.3. The lowest BCUT2D eigenvalue weighted by molar-refractivity contribution is -0.122. The Hall–Kier alpha value is -2.59. The highest BCUT2D eigenvalue weighted by Crippen LogP contribution is 2.26. The smallest absolute Gasteiger partial charge is 0.234 e. The van der Waals surface area contributed by atoms with Crippen LogP contribution in [0.4, 0.5) is 0 Å². The molecular formula is C20H28N4O5S.